The molecule has 0 bridgehead atoms. The average Bonchev–Trinajstić information content (AvgIpc) is 2.97. The van der Waals surface area contributed by atoms with E-state index in [9.17, 15) is 4.79 Å². The number of hydrazone groups is 1. The first kappa shape index (κ1) is 19.4. The molecule has 0 fully saturated rings. The van der Waals surface area contributed by atoms with Crippen LogP contribution in [0, 0.1) is 13.8 Å². The van der Waals surface area contributed by atoms with Gasteiger partial charge in [0, 0.05) is 16.8 Å². The normalized spacial score (nSPS) is 11.0. The lowest BCUT2D eigenvalue weighted by Gasteiger charge is -2.05. The molecule has 1 N–H and O–H groups in total. The number of rotatable bonds is 7. The smallest absolute Gasteiger partial charge is 0.271 e. The van der Waals surface area contributed by atoms with Crippen LogP contribution in [0.15, 0.2) is 59.7 Å². The van der Waals surface area contributed by atoms with Gasteiger partial charge in [0.1, 0.15) is 5.75 Å². The third kappa shape index (κ3) is 4.65. The molecular weight excluding hydrogens is 352 g/mol. The fraction of sp³-hybridized carbons (Fsp3) is 0.227. The van der Waals surface area contributed by atoms with Crippen LogP contribution in [-0.2, 0) is 6.54 Å². The summed E-state index contributed by atoms with van der Waals surface area (Å²) >= 11 is 0. The van der Waals surface area contributed by atoms with Crippen molar-refractivity contribution < 1.29 is 9.53 Å². The van der Waals surface area contributed by atoms with Crippen molar-refractivity contribution in [3.63, 3.8) is 0 Å². The summed E-state index contributed by atoms with van der Waals surface area (Å²) in [6.07, 6.45) is 1.64. The first-order valence-corrected chi connectivity index (χ1v) is 9.22. The molecule has 1 aromatic heterocycles. The number of nitrogens with zero attached hydrogens (tertiary/aromatic N) is 3. The number of amides is 1. The predicted molar refractivity (Wildman–Crippen MR) is 110 cm³/mol. The summed E-state index contributed by atoms with van der Waals surface area (Å²) in [7, 11) is 0. The van der Waals surface area contributed by atoms with Crippen LogP contribution in [0.5, 0.6) is 5.75 Å². The molecule has 144 valence electrons. The zero-order valence-electron chi connectivity index (χ0n) is 16.3. The molecule has 0 aliphatic rings. The Morgan fingerprint density at radius 3 is 2.54 bits per heavy atom. The minimum Gasteiger partial charge on any atom is -0.494 e. The third-order valence-electron chi connectivity index (χ3n) is 4.40. The molecule has 1 heterocycles. The lowest BCUT2D eigenvalue weighted by atomic mass is 10.2. The van der Waals surface area contributed by atoms with Gasteiger partial charge < -0.3 is 4.74 Å². The number of carbonyl (C=O) groups is 1. The van der Waals surface area contributed by atoms with Gasteiger partial charge in [-0.05, 0) is 50.6 Å². The lowest BCUT2D eigenvalue weighted by Crippen LogP contribution is -2.17. The van der Waals surface area contributed by atoms with Crippen molar-refractivity contribution in [1.82, 2.24) is 15.2 Å². The third-order valence-corrected chi connectivity index (χ3v) is 4.40. The number of hydrogen-bond acceptors (Lipinski definition) is 4. The van der Waals surface area contributed by atoms with Gasteiger partial charge in [-0.3, -0.25) is 9.48 Å². The van der Waals surface area contributed by atoms with Crippen LogP contribution in [-0.4, -0.2) is 28.5 Å². The zero-order chi connectivity index (χ0) is 19.9. The van der Waals surface area contributed by atoms with E-state index in [0.717, 1.165) is 22.7 Å². The number of carbonyl (C=O) groups excluding carboxylic acids is 1. The molecule has 0 radical (unpaired) electrons. The number of aromatic nitrogens is 2. The molecule has 2 aromatic carbocycles. The molecule has 0 spiro atoms. The second-order valence-corrected chi connectivity index (χ2v) is 6.38. The minimum absolute atomic E-state index is 0.272. The number of ether oxygens (including phenoxy) is 1. The molecule has 0 aliphatic heterocycles. The van der Waals surface area contributed by atoms with Gasteiger partial charge in [0.2, 0.25) is 0 Å². The molecule has 6 heteroatoms. The highest BCUT2D eigenvalue weighted by Crippen LogP contribution is 2.14. The molecule has 3 rings (SSSR count). The van der Waals surface area contributed by atoms with Crippen LogP contribution in [0.4, 0.5) is 0 Å². The van der Waals surface area contributed by atoms with Gasteiger partial charge in [0.25, 0.3) is 5.91 Å². The van der Waals surface area contributed by atoms with Crippen molar-refractivity contribution in [3.8, 4) is 5.75 Å². The Morgan fingerprint density at radius 2 is 1.86 bits per heavy atom. The highest BCUT2D eigenvalue weighted by molar-refractivity contribution is 5.95. The lowest BCUT2D eigenvalue weighted by molar-refractivity contribution is 0.0955. The standard InChI is InChI=1S/C22H24N4O2/c1-4-28-20-12-10-19(11-13-20)22(27)24-23-14-21-16(2)25-26(17(21)3)15-18-8-6-5-7-9-18/h5-14H,4,15H2,1-3H3,(H,24,27)/b23-14+. The second kappa shape index (κ2) is 8.99. The fourth-order valence-corrected chi connectivity index (χ4v) is 2.90. The van der Waals surface area contributed by atoms with Gasteiger partial charge in [-0.2, -0.15) is 10.2 Å². The van der Waals surface area contributed by atoms with Gasteiger partial charge >= 0.3 is 0 Å². The van der Waals surface area contributed by atoms with E-state index in [4.69, 9.17) is 4.74 Å². The van der Waals surface area contributed by atoms with E-state index < -0.39 is 0 Å². The van der Waals surface area contributed by atoms with Gasteiger partial charge in [0.15, 0.2) is 0 Å². The van der Waals surface area contributed by atoms with E-state index >= 15 is 0 Å². The molecule has 3 aromatic rings. The Morgan fingerprint density at radius 1 is 1.14 bits per heavy atom. The van der Waals surface area contributed by atoms with Crippen molar-refractivity contribution in [2.24, 2.45) is 5.10 Å². The van der Waals surface area contributed by atoms with Crippen LogP contribution < -0.4 is 10.2 Å². The largest absolute Gasteiger partial charge is 0.494 e. The van der Waals surface area contributed by atoms with E-state index in [1.165, 1.54) is 5.56 Å². The van der Waals surface area contributed by atoms with Crippen LogP contribution >= 0.6 is 0 Å². The topological polar surface area (TPSA) is 68.5 Å². The fourth-order valence-electron chi connectivity index (χ4n) is 2.90. The number of hydrogen-bond donors (Lipinski definition) is 1. The number of aryl methyl sites for hydroxylation is 1. The van der Waals surface area contributed by atoms with Crippen LogP contribution in [0.1, 0.15) is 39.8 Å². The Balaban J connectivity index is 1.66. The maximum atomic E-state index is 12.2. The quantitative estimate of drug-likeness (QED) is 0.505. The maximum absolute atomic E-state index is 12.2. The Labute approximate surface area is 164 Å². The molecule has 0 saturated heterocycles. The molecular formula is C22H24N4O2. The molecule has 0 atom stereocenters. The van der Waals surface area contributed by atoms with Crippen molar-refractivity contribution in [1.29, 1.82) is 0 Å². The van der Waals surface area contributed by atoms with E-state index in [2.05, 4.69) is 27.8 Å². The molecule has 0 aliphatic carbocycles. The number of benzene rings is 2. The Hall–Kier alpha value is -3.41. The summed E-state index contributed by atoms with van der Waals surface area (Å²) in [4.78, 5) is 12.2. The van der Waals surface area contributed by atoms with Gasteiger partial charge in [-0.1, -0.05) is 30.3 Å². The predicted octanol–water partition coefficient (Wildman–Crippen LogP) is 3.71. The summed E-state index contributed by atoms with van der Waals surface area (Å²) in [6.45, 7) is 7.14. The van der Waals surface area contributed by atoms with Crippen molar-refractivity contribution in [2.45, 2.75) is 27.3 Å². The zero-order valence-corrected chi connectivity index (χ0v) is 16.3. The highest BCUT2D eigenvalue weighted by atomic mass is 16.5. The van der Waals surface area contributed by atoms with E-state index in [1.54, 1.807) is 30.5 Å². The summed E-state index contributed by atoms with van der Waals surface area (Å²) in [6, 6.07) is 17.1. The summed E-state index contributed by atoms with van der Waals surface area (Å²) in [5.74, 6) is 0.464. The Bertz CT molecular complexity index is 960. The van der Waals surface area contributed by atoms with Crippen LogP contribution in [0.3, 0.4) is 0 Å². The molecule has 0 saturated carbocycles. The minimum atomic E-state index is -0.272. The number of nitrogens with one attached hydrogen (secondary N) is 1. The van der Waals surface area contributed by atoms with E-state index in [1.807, 2.05) is 43.7 Å². The molecule has 0 unspecified atom stereocenters. The maximum Gasteiger partial charge on any atom is 0.271 e. The van der Waals surface area contributed by atoms with Crippen molar-refractivity contribution >= 4 is 12.1 Å². The molecule has 1 amide bonds. The summed E-state index contributed by atoms with van der Waals surface area (Å²) < 4.78 is 7.32. The average molecular weight is 376 g/mol. The van der Waals surface area contributed by atoms with Crippen LogP contribution in [0.2, 0.25) is 0 Å². The molecule has 6 nitrogen and oxygen atoms in total. The first-order valence-electron chi connectivity index (χ1n) is 9.22. The van der Waals surface area contributed by atoms with Crippen LogP contribution in [0.25, 0.3) is 0 Å². The van der Waals surface area contributed by atoms with Gasteiger partial charge in [-0.25, -0.2) is 5.43 Å². The highest BCUT2D eigenvalue weighted by Gasteiger charge is 2.10. The van der Waals surface area contributed by atoms with Crippen molar-refractivity contribution in [2.75, 3.05) is 6.61 Å². The van der Waals surface area contributed by atoms with E-state index in [0.29, 0.717) is 18.7 Å². The van der Waals surface area contributed by atoms with Crippen molar-refractivity contribution in [3.05, 3.63) is 82.7 Å². The first-order chi connectivity index (χ1) is 13.6. The van der Waals surface area contributed by atoms with Gasteiger partial charge in [0.05, 0.1) is 25.1 Å². The Kier molecular flexibility index (Phi) is 6.22. The summed E-state index contributed by atoms with van der Waals surface area (Å²) in [5, 5.41) is 8.70. The second-order valence-electron chi connectivity index (χ2n) is 6.38. The summed E-state index contributed by atoms with van der Waals surface area (Å²) in [5.41, 5.74) is 7.04. The van der Waals surface area contributed by atoms with Gasteiger partial charge in [-0.15, -0.1) is 0 Å². The monoisotopic (exact) mass is 376 g/mol. The molecule has 28 heavy (non-hydrogen) atoms. The van der Waals surface area contributed by atoms with E-state index in [-0.39, 0.29) is 5.91 Å². The SMILES string of the molecule is CCOc1ccc(C(=O)N/N=C/c2c(C)nn(Cc3ccccc3)c2C)cc1.